The van der Waals surface area contributed by atoms with Crippen molar-refractivity contribution >= 4 is 5.91 Å². The Bertz CT molecular complexity index is 1400. The molecule has 35 heavy (non-hydrogen) atoms. The summed E-state index contributed by atoms with van der Waals surface area (Å²) in [6.07, 6.45) is 3.29. The van der Waals surface area contributed by atoms with Crippen LogP contribution in [0.5, 0.6) is 5.75 Å². The predicted molar refractivity (Wildman–Crippen MR) is 127 cm³/mol. The molecule has 0 aliphatic carbocycles. The van der Waals surface area contributed by atoms with Gasteiger partial charge in [-0.3, -0.25) is 9.59 Å². The second-order valence-electron chi connectivity index (χ2n) is 7.95. The summed E-state index contributed by atoms with van der Waals surface area (Å²) >= 11 is 0. The number of nitrogens with one attached hydrogen (secondary N) is 2. The molecule has 176 valence electrons. The first kappa shape index (κ1) is 23.4. The molecule has 0 aliphatic rings. The van der Waals surface area contributed by atoms with Crippen molar-refractivity contribution in [3.8, 4) is 17.6 Å². The minimum atomic E-state index is -0.614. The van der Waals surface area contributed by atoms with Crippen molar-refractivity contribution in [1.82, 2.24) is 35.5 Å². The number of hydrogen-bond acceptors (Lipinski definition) is 7. The first-order chi connectivity index (χ1) is 17.0. The summed E-state index contributed by atoms with van der Waals surface area (Å²) in [6, 6.07) is 15.6. The molecule has 0 aliphatic heterocycles. The van der Waals surface area contributed by atoms with Crippen LogP contribution >= 0.6 is 0 Å². The van der Waals surface area contributed by atoms with E-state index in [0.717, 1.165) is 22.3 Å². The molecule has 0 saturated carbocycles. The molecule has 0 spiro atoms. The highest BCUT2D eigenvalue weighted by molar-refractivity contribution is 5.72. The fourth-order valence-electron chi connectivity index (χ4n) is 3.52. The molecule has 2 aromatic heterocycles. The largest absolute Gasteiger partial charge is 0.502 e. The normalized spacial score (nSPS) is 11.3. The number of aromatic amines is 1. The van der Waals surface area contributed by atoms with Gasteiger partial charge in [0.2, 0.25) is 11.7 Å². The molecule has 0 bridgehead atoms. The van der Waals surface area contributed by atoms with Crippen LogP contribution < -0.4 is 10.9 Å². The van der Waals surface area contributed by atoms with Gasteiger partial charge in [-0.15, -0.1) is 5.10 Å². The molecular weight excluding hydrogens is 446 g/mol. The van der Waals surface area contributed by atoms with Crippen molar-refractivity contribution in [2.24, 2.45) is 0 Å². The lowest BCUT2D eigenvalue weighted by Crippen LogP contribution is -2.28. The fourth-order valence-corrected chi connectivity index (χ4v) is 3.52. The Hall–Kier alpha value is -4.78. The summed E-state index contributed by atoms with van der Waals surface area (Å²) < 4.78 is 1.65. The van der Waals surface area contributed by atoms with Gasteiger partial charge in [0.05, 0.1) is 18.6 Å². The van der Waals surface area contributed by atoms with E-state index < -0.39 is 11.3 Å². The van der Waals surface area contributed by atoms with Crippen LogP contribution in [0.4, 0.5) is 0 Å². The third-order valence-electron chi connectivity index (χ3n) is 5.32. The predicted octanol–water partition coefficient (Wildman–Crippen LogP) is 1.37. The molecule has 0 radical (unpaired) electrons. The number of tetrazole rings is 1. The van der Waals surface area contributed by atoms with Crippen molar-refractivity contribution in [3.05, 3.63) is 99.5 Å². The summed E-state index contributed by atoms with van der Waals surface area (Å²) in [5, 5.41) is 24.0. The van der Waals surface area contributed by atoms with Crippen LogP contribution in [0.1, 0.15) is 40.8 Å². The molecule has 0 saturated heterocycles. The zero-order valence-corrected chi connectivity index (χ0v) is 19.0. The Labute approximate surface area is 201 Å². The van der Waals surface area contributed by atoms with E-state index in [9.17, 15) is 14.7 Å². The Morgan fingerprint density at radius 3 is 2.34 bits per heavy atom. The van der Waals surface area contributed by atoms with Gasteiger partial charge in [-0.1, -0.05) is 36.1 Å². The second kappa shape index (κ2) is 10.9. The lowest BCUT2D eigenvalue weighted by atomic mass is 9.94. The van der Waals surface area contributed by atoms with E-state index in [-0.39, 0.29) is 24.1 Å². The zero-order valence-electron chi connectivity index (χ0n) is 19.0. The van der Waals surface area contributed by atoms with Gasteiger partial charge in [0, 0.05) is 30.5 Å². The topological polar surface area (TPSA) is 139 Å². The molecule has 0 fully saturated rings. The van der Waals surface area contributed by atoms with Gasteiger partial charge >= 0.3 is 0 Å². The number of benzene rings is 2. The molecule has 4 aromatic rings. The van der Waals surface area contributed by atoms with Gasteiger partial charge in [-0.05, 0) is 52.2 Å². The molecule has 1 unspecified atom stereocenters. The minimum Gasteiger partial charge on any atom is -0.502 e. The molecule has 4 rings (SSSR count). The molecule has 1 amide bonds. The maximum Gasteiger partial charge on any atom is 0.293 e. The molecule has 10 heteroatoms. The van der Waals surface area contributed by atoms with E-state index in [1.54, 1.807) is 11.0 Å². The summed E-state index contributed by atoms with van der Waals surface area (Å²) in [6.45, 7) is 2.25. The van der Waals surface area contributed by atoms with Crippen LogP contribution in [-0.4, -0.2) is 47.7 Å². The molecular formula is C25H23N7O3. The monoisotopic (exact) mass is 469 g/mol. The minimum absolute atomic E-state index is 0.201. The van der Waals surface area contributed by atoms with Crippen molar-refractivity contribution in [2.75, 3.05) is 6.54 Å². The maximum absolute atomic E-state index is 11.8. The van der Waals surface area contributed by atoms with Gasteiger partial charge in [0.15, 0.2) is 0 Å². The van der Waals surface area contributed by atoms with Gasteiger partial charge in [0.25, 0.3) is 5.56 Å². The Balaban J connectivity index is 1.44. The third-order valence-corrected chi connectivity index (χ3v) is 5.32. The van der Waals surface area contributed by atoms with E-state index >= 15 is 0 Å². The first-order valence-corrected chi connectivity index (χ1v) is 10.9. The molecule has 1 atom stereocenters. The Morgan fingerprint density at radius 2 is 1.74 bits per heavy atom. The van der Waals surface area contributed by atoms with Crippen LogP contribution in [0.15, 0.2) is 66.0 Å². The van der Waals surface area contributed by atoms with E-state index in [1.165, 1.54) is 13.3 Å². The van der Waals surface area contributed by atoms with E-state index in [0.29, 0.717) is 13.0 Å². The van der Waals surface area contributed by atoms with Gasteiger partial charge in [-0.2, -0.15) is 0 Å². The highest BCUT2D eigenvalue weighted by Gasteiger charge is 2.20. The summed E-state index contributed by atoms with van der Waals surface area (Å²) in [5.74, 6) is 5.30. The number of amides is 1. The van der Waals surface area contributed by atoms with Crippen LogP contribution in [-0.2, 0) is 17.8 Å². The van der Waals surface area contributed by atoms with Crippen molar-refractivity contribution in [1.29, 1.82) is 0 Å². The third kappa shape index (κ3) is 6.39. The standard InChI is InChI=1S/C25H23N7O3/c1-17(33)26-13-22(23-24(34)25(35)28-15-27-23)12-20-8-4-18(5-9-20)2-3-19-6-10-21(11-7-19)14-32-16-29-30-31-32/h4-11,15-16,22,34H,12-14H2,1H3,(H,26,33)(H,27,28,35). The Morgan fingerprint density at radius 1 is 1.09 bits per heavy atom. The SMILES string of the molecule is CC(=O)NCC(Cc1ccc(C#Cc2ccc(Cn3cnnn3)cc2)cc1)c1nc[nH]c(=O)c1O. The zero-order chi connectivity index (χ0) is 24.6. The van der Waals surface area contributed by atoms with E-state index in [2.05, 4.69) is 42.7 Å². The summed E-state index contributed by atoms with van der Waals surface area (Å²) in [4.78, 5) is 29.7. The van der Waals surface area contributed by atoms with Crippen LogP contribution in [0, 0.1) is 11.8 Å². The highest BCUT2D eigenvalue weighted by Crippen LogP contribution is 2.23. The quantitative estimate of drug-likeness (QED) is 0.348. The lowest BCUT2D eigenvalue weighted by Gasteiger charge is -2.17. The number of H-pyrrole nitrogens is 1. The first-order valence-electron chi connectivity index (χ1n) is 10.9. The van der Waals surface area contributed by atoms with Crippen molar-refractivity contribution in [2.45, 2.75) is 25.8 Å². The van der Waals surface area contributed by atoms with E-state index in [4.69, 9.17) is 0 Å². The van der Waals surface area contributed by atoms with Crippen LogP contribution in [0.25, 0.3) is 0 Å². The number of aromatic hydroxyl groups is 1. The Kier molecular flexibility index (Phi) is 7.28. The number of aromatic nitrogens is 6. The van der Waals surface area contributed by atoms with Gasteiger partial charge < -0.3 is 15.4 Å². The lowest BCUT2D eigenvalue weighted by molar-refractivity contribution is -0.119. The van der Waals surface area contributed by atoms with E-state index in [1.807, 2.05) is 48.5 Å². The highest BCUT2D eigenvalue weighted by atomic mass is 16.3. The summed E-state index contributed by atoms with van der Waals surface area (Å²) in [5.41, 5.74) is 3.40. The molecule has 2 heterocycles. The second-order valence-corrected chi connectivity index (χ2v) is 7.95. The fraction of sp³-hybridized carbons (Fsp3) is 0.200. The molecule has 3 N–H and O–H groups in total. The average Bonchev–Trinajstić information content (AvgIpc) is 3.37. The molecule has 10 nitrogen and oxygen atoms in total. The number of carbonyl (C=O) groups excluding carboxylic acids is 1. The van der Waals surface area contributed by atoms with Crippen LogP contribution in [0.2, 0.25) is 0 Å². The number of nitrogens with zero attached hydrogens (tertiary/aromatic N) is 5. The number of rotatable bonds is 7. The van der Waals surface area contributed by atoms with Crippen molar-refractivity contribution in [3.63, 3.8) is 0 Å². The smallest absolute Gasteiger partial charge is 0.293 e. The van der Waals surface area contributed by atoms with Gasteiger partial charge in [0.1, 0.15) is 6.33 Å². The average molecular weight is 470 g/mol. The number of hydrogen-bond donors (Lipinski definition) is 3. The summed E-state index contributed by atoms with van der Waals surface area (Å²) in [7, 11) is 0. The van der Waals surface area contributed by atoms with Crippen LogP contribution in [0.3, 0.4) is 0 Å². The van der Waals surface area contributed by atoms with Gasteiger partial charge in [-0.25, -0.2) is 9.67 Å². The number of carbonyl (C=O) groups is 1. The maximum atomic E-state index is 11.8. The van der Waals surface area contributed by atoms with Crippen molar-refractivity contribution < 1.29 is 9.90 Å². The molecule has 2 aromatic carbocycles.